The maximum Gasteiger partial charge on any atom is 0.214 e. The van der Waals surface area contributed by atoms with E-state index < -0.39 is 10.0 Å². The van der Waals surface area contributed by atoms with Crippen molar-refractivity contribution in [1.29, 1.82) is 0 Å². The minimum atomic E-state index is -3.00. The Morgan fingerprint density at radius 2 is 1.67 bits per heavy atom. The predicted molar refractivity (Wildman–Crippen MR) is 87.8 cm³/mol. The first-order chi connectivity index (χ1) is 10.0. The first kappa shape index (κ1) is 17.2. The van der Waals surface area contributed by atoms with Gasteiger partial charge in [-0.25, -0.2) is 12.7 Å². The quantitative estimate of drug-likeness (QED) is 0.794. The van der Waals surface area contributed by atoms with Gasteiger partial charge in [-0.1, -0.05) is 26.7 Å². The molecule has 0 radical (unpaired) electrons. The molecule has 21 heavy (non-hydrogen) atoms. The third kappa shape index (κ3) is 5.22. The molecular formula is C16H32N2O2S. The summed E-state index contributed by atoms with van der Waals surface area (Å²) in [7, 11) is -3.00. The molecule has 0 aromatic heterocycles. The highest BCUT2D eigenvalue weighted by Crippen LogP contribution is 2.24. The van der Waals surface area contributed by atoms with E-state index in [1.165, 1.54) is 32.1 Å². The van der Waals surface area contributed by atoms with E-state index in [1.54, 1.807) is 4.31 Å². The summed E-state index contributed by atoms with van der Waals surface area (Å²) in [4.78, 5) is 0. The Kier molecular flexibility index (Phi) is 6.51. The SMILES string of the molecule is CCCS(=O)(=O)N1CCC(NC2CCCC(C)CC2)CC1. The Hall–Kier alpha value is -0.130. The molecule has 0 amide bonds. The number of piperidine rings is 1. The van der Waals surface area contributed by atoms with Gasteiger partial charge < -0.3 is 5.32 Å². The number of nitrogens with zero attached hydrogens (tertiary/aromatic N) is 1. The summed E-state index contributed by atoms with van der Waals surface area (Å²) >= 11 is 0. The second-order valence-corrected chi connectivity index (χ2v) is 9.05. The minimum absolute atomic E-state index is 0.297. The zero-order valence-corrected chi connectivity index (χ0v) is 14.5. The minimum Gasteiger partial charge on any atom is -0.311 e. The van der Waals surface area contributed by atoms with E-state index in [4.69, 9.17) is 0 Å². The van der Waals surface area contributed by atoms with Crippen LogP contribution < -0.4 is 5.32 Å². The van der Waals surface area contributed by atoms with E-state index in [9.17, 15) is 8.42 Å². The van der Waals surface area contributed by atoms with E-state index >= 15 is 0 Å². The third-order valence-corrected chi connectivity index (χ3v) is 7.11. The van der Waals surface area contributed by atoms with Gasteiger partial charge in [0.05, 0.1) is 5.75 Å². The van der Waals surface area contributed by atoms with Gasteiger partial charge in [0.1, 0.15) is 0 Å². The van der Waals surface area contributed by atoms with Crippen LogP contribution in [0.4, 0.5) is 0 Å². The van der Waals surface area contributed by atoms with Crippen LogP contribution in [0.2, 0.25) is 0 Å². The van der Waals surface area contributed by atoms with Gasteiger partial charge in [-0.2, -0.15) is 0 Å². The molecule has 0 aromatic rings. The summed E-state index contributed by atoms with van der Waals surface area (Å²) in [6.45, 7) is 5.69. The Morgan fingerprint density at radius 3 is 2.33 bits per heavy atom. The van der Waals surface area contributed by atoms with Crippen LogP contribution in [0.3, 0.4) is 0 Å². The molecule has 2 aliphatic rings. The lowest BCUT2D eigenvalue weighted by Crippen LogP contribution is -2.48. The normalized spacial score (nSPS) is 30.2. The zero-order valence-electron chi connectivity index (χ0n) is 13.7. The average molecular weight is 317 g/mol. The van der Waals surface area contributed by atoms with Crippen molar-refractivity contribution >= 4 is 10.0 Å². The van der Waals surface area contributed by atoms with Gasteiger partial charge in [-0.05, 0) is 44.4 Å². The maximum absolute atomic E-state index is 12.1. The van der Waals surface area contributed by atoms with Crippen molar-refractivity contribution in [2.24, 2.45) is 5.92 Å². The molecule has 124 valence electrons. The Balaban J connectivity index is 1.76. The van der Waals surface area contributed by atoms with Crippen molar-refractivity contribution in [3.05, 3.63) is 0 Å². The van der Waals surface area contributed by atoms with Gasteiger partial charge in [0.25, 0.3) is 0 Å². The molecule has 1 aliphatic carbocycles. The van der Waals surface area contributed by atoms with E-state index in [-0.39, 0.29) is 0 Å². The molecule has 1 aliphatic heterocycles. The van der Waals surface area contributed by atoms with E-state index in [2.05, 4.69) is 12.2 Å². The van der Waals surface area contributed by atoms with Crippen molar-refractivity contribution in [2.45, 2.75) is 77.3 Å². The molecule has 5 heteroatoms. The molecule has 1 heterocycles. The number of rotatable bonds is 5. The molecule has 2 rings (SSSR count). The summed E-state index contributed by atoms with van der Waals surface area (Å²) in [6, 6.07) is 1.16. The monoisotopic (exact) mass is 316 g/mol. The van der Waals surface area contributed by atoms with Crippen LogP contribution in [0.25, 0.3) is 0 Å². The zero-order chi connectivity index (χ0) is 15.3. The van der Waals surface area contributed by atoms with Crippen LogP contribution in [-0.2, 0) is 10.0 Å². The number of nitrogens with one attached hydrogen (secondary N) is 1. The van der Waals surface area contributed by atoms with Crippen LogP contribution in [0.5, 0.6) is 0 Å². The fourth-order valence-electron chi connectivity index (χ4n) is 3.67. The molecule has 1 saturated carbocycles. The lowest BCUT2D eigenvalue weighted by Gasteiger charge is -2.33. The summed E-state index contributed by atoms with van der Waals surface area (Å²) in [5.74, 6) is 1.17. The summed E-state index contributed by atoms with van der Waals surface area (Å²) in [6.07, 6.45) is 9.26. The van der Waals surface area contributed by atoms with Crippen LogP contribution >= 0.6 is 0 Å². The Labute approximate surface area is 130 Å². The number of sulfonamides is 1. The van der Waals surface area contributed by atoms with Crippen molar-refractivity contribution in [3.8, 4) is 0 Å². The highest BCUT2D eigenvalue weighted by molar-refractivity contribution is 7.89. The first-order valence-corrected chi connectivity index (χ1v) is 10.4. The fourth-order valence-corrected chi connectivity index (χ4v) is 5.22. The fraction of sp³-hybridized carbons (Fsp3) is 1.00. The molecule has 2 unspecified atom stereocenters. The lowest BCUT2D eigenvalue weighted by atomic mass is 10.0. The van der Waals surface area contributed by atoms with Gasteiger partial charge in [-0.3, -0.25) is 0 Å². The average Bonchev–Trinajstić information content (AvgIpc) is 2.64. The molecule has 0 aromatic carbocycles. The lowest BCUT2D eigenvalue weighted by molar-refractivity contribution is 0.265. The van der Waals surface area contributed by atoms with Crippen LogP contribution in [-0.4, -0.2) is 43.6 Å². The topological polar surface area (TPSA) is 49.4 Å². The standard InChI is InChI=1S/C16H32N2O2S/c1-3-13-21(19,20)18-11-9-16(10-12-18)17-15-6-4-5-14(2)7-8-15/h14-17H,3-13H2,1-2H3. The molecule has 4 nitrogen and oxygen atoms in total. The summed E-state index contributed by atoms with van der Waals surface area (Å²) < 4.78 is 25.8. The molecular weight excluding hydrogens is 284 g/mol. The third-order valence-electron chi connectivity index (χ3n) is 5.04. The van der Waals surface area contributed by atoms with Gasteiger partial charge in [0, 0.05) is 25.2 Å². The molecule has 1 N–H and O–H groups in total. The van der Waals surface area contributed by atoms with Gasteiger partial charge >= 0.3 is 0 Å². The highest BCUT2D eigenvalue weighted by atomic mass is 32.2. The molecule has 2 fully saturated rings. The smallest absolute Gasteiger partial charge is 0.214 e. The van der Waals surface area contributed by atoms with Crippen molar-refractivity contribution < 1.29 is 8.42 Å². The molecule has 0 spiro atoms. The van der Waals surface area contributed by atoms with Crippen molar-refractivity contribution in [1.82, 2.24) is 9.62 Å². The van der Waals surface area contributed by atoms with Crippen LogP contribution in [0.1, 0.15) is 65.2 Å². The maximum atomic E-state index is 12.1. The van der Waals surface area contributed by atoms with E-state index in [0.717, 1.165) is 18.8 Å². The van der Waals surface area contributed by atoms with Gasteiger partial charge in [-0.15, -0.1) is 0 Å². The molecule has 2 atom stereocenters. The second kappa shape index (κ2) is 7.93. The summed E-state index contributed by atoms with van der Waals surface area (Å²) in [5, 5.41) is 3.80. The molecule has 1 saturated heterocycles. The van der Waals surface area contributed by atoms with Crippen LogP contribution in [0.15, 0.2) is 0 Å². The van der Waals surface area contributed by atoms with Crippen molar-refractivity contribution in [2.75, 3.05) is 18.8 Å². The summed E-state index contributed by atoms with van der Waals surface area (Å²) in [5.41, 5.74) is 0. The first-order valence-electron chi connectivity index (χ1n) is 8.75. The second-order valence-electron chi connectivity index (χ2n) is 6.97. The van der Waals surface area contributed by atoms with E-state index in [1.807, 2.05) is 6.92 Å². The van der Waals surface area contributed by atoms with Crippen LogP contribution in [0, 0.1) is 5.92 Å². The van der Waals surface area contributed by atoms with E-state index in [0.29, 0.717) is 37.3 Å². The Morgan fingerprint density at radius 1 is 1.00 bits per heavy atom. The Bertz CT molecular complexity index is 403. The van der Waals surface area contributed by atoms with Gasteiger partial charge in [0.15, 0.2) is 0 Å². The van der Waals surface area contributed by atoms with Crippen molar-refractivity contribution in [3.63, 3.8) is 0 Å². The number of hydrogen-bond acceptors (Lipinski definition) is 3. The largest absolute Gasteiger partial charge is 0.311 e. The number of hydrogen-bond donors (Lipinski definition) is 1. The highest BCUT2D eigenvalue weighted by Gasteiger charge is 2.28. The molecule has 0 bridgehead atoms. The van der Waals surface area contributed by atoms with Gasteiger partial charge in [0.2, 0.25) is 10.0 Å². The predicted octanol–water partition coefficient (Wildman–Crippen LogP) is 2.75.